The molecule has 2 aromatic heterocycles. The van der Waals surface area contributed by atoms with Crippen LogP contribution < -0.4 is 0 Å². The second-order valence-corrected chi connectivity index (χ2v) is 10.2. The normalized spacial score (nSPS) is 18.9. The molecular weight excluding hydrogens is 523 g/mol. The van der Waals surface area contributed by atoms with E-state index in [-0.39, 0.29) is 22.7 Å². The highest BCUT2D eigenvalue weighted by molar-refractivity contribution is 8.18. The van der Waals surface area contributed by atoms with Crippen LogP contribution in [0.15, 0.2) is 63.1 Å². The molecule has 3 heterocycles. The molecule has 1 amide bonds. The van der Waals surface area contributed by atoms with Crippen LogP contribution in [-0.2, 0) is 4.79 Å². The molecular formula is C25H20Cl2N4O4S. The molecule has 1 saturated carbocycles. The smallest absolute Gasteiger partial charge is 0.270 e. The quantitative estimate of drug-likeness (QED) is 0.188. The summed E-state index contributed by atoms with van der Waals surface area (Å²) in [6.45, 7) is 0. The molecule has 1 saturated heterocycles. The van der Waals surface area contributed by atoms with Crippen LogP contribution in [0.4, 0.5) is 11.4 Å². The predicted octanol–water partition coefficient (Wildman–Crippen LogP) is 7.49. The second kappa shape index (κ2) is 10.5. The van der Waals surface area contributed by atoms with Crippen molar-refractivity contribution in [1.82, 2.24) is 9.88 Å². The highest BCUT2D eigenvalue weighted by Crippen LogP contribution is 2.40. The van der Waals surface area contributed by atoms with Crippen molar-refractivity contribution >= 4 is 63.5 Å². The number of aromatic nitrogens is 1. The van der Waals surface area contributed by atoms with Crippen molar-refractivity contribution < 1.29 is 14.1 Å². The Morgan fingerprint density at radius 2 is 1.94 bits per heavy atom. The molecule has 8 nitrogen and oxygen atoms in total. The largest absolute Gasteiger partial charge is 0.457 e. The third-order valence-electron chi connectivity index (χ3n) is 6.07. The first kappa shape index (κ1) is 24.5. The van der Waals surface area contributed by atoms with Gasteiger partial charge in [-0.25, -0.2) is 4.99 Å². The van der Waals surface area contributed by atoms with Gasteiger partial charge in [0.2, 0.25) is 0 Å². The molecule has 0 spiro atoms. The van der Waals surface area contributed by atoms with E-state index in [1.165, 1.54) is 30.1 Å². The monoisotopic (exact) mass is 542 g/mol. The maximum atomic E-state index is 13.5. The Bertz CT molecular complexity index is 1400. The molecule has 184 valence electrons. The van der Waals surface area contributed by atoms with Crippen LogP contribution >= 0.6 is 35.0 Å². The van der Waals surface area contributed by atoms with Gasteiger partial charge < -0.3 is 4.42 Å². The number of amidine groups is 1. The van der Waals surface area contributed by atoms with E-state index in [0.29, 0.717) is 37.9 Å². The van der Waals surface area contributed by atoms with Gasteiger partial charge in [-0.1, -0.05) is 42.5 Å². The van der Waals surface area contributed by atoms with Crippen molar-refractivity contribution in [3.8, 4) is 11.3 Å². The summed E-state index contributed by atoms with van der Waals surface area (Å²) in [6.07, 6.45) is 9.97. The van der Waals surface area contributed by atoms with E-state index in [9.17, 15) is 14.9 Å². The lowest BCUT2D eigenvalue weighted by Gasteiger charge is -2.30. The van der Waals surface area contributed by atoms with Gasteiger partial charge in [-0.2, -0.15) is 0 Å². The van der Waals surface area contributed by atoms with Gasteiger partial charge in [0.1, 0.15) is 11.5 Å². The molecule has 11 heteroatoms. The molecule has 3 aromatic rings. The van der Waals surface area contributed by atoms with Crippen LogP contribution in [0.5, 0.6) is 0 Å². The Morgan fingerprint density at radius 1 is 1.14 bits per heavy atom. The van der Waals surface area contributed by atoms with Crippen molar-refractivity contribution in [2.24, 2.45) is 4.99 Å². The number of carbonyl (C=O) groups is 1. The number of non-ortho nitro benzene ring substituents is 1. The number of pyridine rings is 1. The molecule has 1 aliphatic carbocycles. The van der Waals surface area contributed by atoms with E-state index in [2.05, 4.69) is 4.98 Å². The van der Waals surface area contributed by atoms with Gasteiger partial charge >= 0.3 is 0 Å². The number of carbonyl (C=O) groups excluding carboxylic acids is 1. The zero-order valence-electron chi connectivity index (χ0n) is 18.9. The molecule has 2 aliphatic rings. The molecule has 0 bridgehead atoms. The molecule has 0 radical (unpaired) electrons. The van der Waals surface area contributed by atoms with Gasteiger partial charge in [-0.05, 0) is 48.9 Å². The Hall–Kier alpha value is -3.14. The molecule has 0 atom stereocenters. The average molecular weight is 543 g/mol. The number of amides is 1. The molecule has 0 unspecified atom stereocenters. The number of halogens is 2. The standard InChI is InChI=1S/C25H20Cl2N4O4S/c26-19-12-16(31(33)34)6-8-18(19)22-9-7-17(35-22)13-23-24(32)30(15-4-2-1-3-5-15)25(36-23)29-21-10-11-28-14-20(21)27/h6-15H,1-5H2/b23-13+,29-25?. The first-order valence-electron chi connectivity index (χ1n) is 11.4. The summed E-state index contributed by atoms with van der Waals surface area (Å²) < 4.78 is 5.93. The summed E-state index contributed by atoms with van der Waals surface area (Å²) in [5, 5.41) is 12.2. The highest BCUT2D eigenvalue weighted by Gasteiger charge is 2.39. The summed E-state index contributed by atoms with van der Waals surface area (Å²) in [6, 6.07) is 9.43. The fourth-order valence-electron chi connectivity index (χ4n) is 4.31. The Kier molecular flexibility index (Phi) is 7.13. The lowest BCUT2D eigenvalue weighted by molar-refractivity contribution is -0.384. The SMILES string of the molecule is O=C1/C(=C\c2ccc(-c3ccc([N+](=O)[O-])cc3Cl)o2)SC(=Nc2ccncc2Cl)N1C1CCCCC1. The van der Waals surface area contributed by atoms with Crippen molar-refractivity contribution in [2.75, 3.05) is 0 Å². The minimum absolute atomic E-state index is 0.0788. The first-order chi connectivity index (χ1) is 17.4. The number of nitro groups is 1. The van der Waals surface area contributed by atoms with Gasteiger partial charge in [-0.15, -0.1) is 0 Å². The molecule has 5 rings (SSSR count). The summed E-state index contributed by atoms with van der Waals surface area (Å²) in [4.78, 5) is 35.0. The summed E-state index contributed by atoms with van der Waals surface area (Å²) in [5.74, 6) is 0.781. The van der Waals surface area contributed by atoms with Crippen LogP contribution in [0.3, 0.4) is 0 Å². The van der Waals surface area contributed by atoms with E-state index < -0.39 is 4.92 Å². The molecule has 1 aliphatic heterocycles. The predicted molar refractivity (Wildman–Crippen MR) is 141 cm³/mol. The maximum Gasteiger partial charge on any atom is 0.270 e. The maximum absolute atomic E-state index is 13.5. The average Bonchev–Trinajstić information content (AvgIpc) is 3.45. The fourth-order valence-corrected chi connectivity index (χ4v) is 5.77. The van der Waals surface area contributed by atoms with Crippen LogP contribution in [0.25, 0.3) is 17.4 Å². The first-order valence-corrected chi connectivity index (χ1v) is 12.9. The number of furan rings is 1. The van der Waals surface area contributed by atoms with Gasteiger partial charge in [-0.3, -0.25) is 24.8 Å². The fraction of sp³-hybridized carbons (Fsp3) is 0.240. The molecule has 36 heavy (non-hydrogen) atoms. The zero-order chi connectivity index (χ0) is 25.2. The lowest BCUT2D eigenvalue weighted by atomic mass is 9.94. The van der Waals surface area contributed by atoms with Crippen molar-refractivity contribution in [3.05, 3.63) is 79.6 Å². The van der Waals surface area contributed by atoms with Gasteiger partial charge in [0.15, 0.2) is 5.17 Å². The topological polar surface area (TPSA) is 102 Å². The van der Waals surface area contributed by atoms with Gasteiger partial charge in [0.25, 0.3) is 11.6 Å². The van der Waals surface area contributed by atoms with E-state index in [1.807, 2.05) is 0 Å². The Balaban J connectivity index is 1.46. The van der Waals surface area contributed by atoms with E-state index in [1.54, 1.807) is 41.4 Å². The number of nitro benzene ring substituents is 1. The summed E-state index contributed by atoms with van der Waals surface area (Å²) in [7, 11) is 0. The number of hydrogen-bond acceptors (Lipinski definition) is 7. The minimum atomic E-state index is -0.507. The van der Waals surface area contributed by atoms with Crippen molar-refractivity contribution in [1.29, 1.82) is 0 Å². The number of benzene rings is 1. The van der Waals surface area contributed by atoms with Gasteiger partial charge in [0.05, 0.1) is 25.6 Å². The third kappa shape index (κ3) is 5.04. The number of aliphatic imine (C=N–C) groups is 1. The summed E-state index contributed by atoms with van der Waals surface area (Å²) in [5.41, 5.74) is 0.974. The number of rotatable bonds is 5. The minimum Gasteiger partial charge on any atom is -0.457 e. The zero-order valence-corrected chi connectivity index (χ0v) is 21.2. The van der Waals surface area contributed by atoms with Crippen molar-refractivity contribution in [2.45, 2.75) is 38.1 Å². The lowest BCUT2D eigenvalue weighted by Crippen LogP contribution is -2.40. The van der Waals surface area contributed by atoms with Crippen LogP contribution in [0.2, 0.25) is 10.0 Å². The second-order valence-electron chi connectivity index (χ2n) is 8.42. The Labute approximate surface area is 221 Å². The summed E-state index contributed by atoms with van der Waals surface area (Å²) >= 11 is 13.8. The molecule has 1 aromatic carbocycles. The van der Waals surface area contributed by atoms with Crippen molar-refractivity contribution in [3.63, 3.8) is 0 Å². The van der Waals surface area contributed by atoms with Crippen LogP contribution in [0, 0.1) is 10.1 Å². The number of nitrogens with zero attached hydrogens (tertiary/aromatic N) is 4. The van der Waals surface area contributed by atoms with Gasteiger partial charge in [0, 0.05) is 42.2 Å². The van der Waals surface area contributed by atoms with Crippen LogP contribution in [0.1, 0.15) is 37.9 Å². The highest BCUT2D eigenvalue weighted by atomic mass is 35.5. The number of hydrogen-bond donors (Lipinski definition) is 0. The molecule has 2 fully saturated rings. The number of thioether (sulfide) groups is 1. The molecule has 0 N–H and O–H groups in total. The van der Waals surface area contributed by atoms with E-state index in [4.69, 9.17) is 32.6 Å². The third-order valence-corrected chi connectivity index (χ3v) is 7.66. The van der Waals surface area contributed by atoms with Crippen LogP contribution in [-0.4, -0.2) is 31.9 Å². The Morgan fingerprint density at radius 3 is 2.67 bits per heavy atom. The van der Waals surface area contributed by atoms with E-state index in [0.717, 1.165) is 32.1 Å². The van der Waals surface area contributed by atoms with E-state index >= 15 is 0 Å².